The molecule has 0 atom stereocenters. The average Bonchev–Trinajstić information content (AvgIpc) is 2.52. The van der Waals surface area contributed by atoms with Gasteiger partial charge in [0.25, 0.3) is 5.69 Å². The number of nitro benzene ring substituents is 2. The first kappa shape index (κ1) is 16.4. The van der Waals surface area contributed by atoms with E-state index in [0.29, 0.717) is 26.2 Å². The second-order valence-corrected chi connectivity index (χ2v) is 4.85. The lowest BCUT2D eigenvalue weighted by atomic mass is 10.2. The first-order chi connectivity index (χ1) is 10.9. The van der Waals surface area contributed by atoms with E-state index in [4.69, 9.17) is 4.84 Å². The van der Waals surface area contributed by atoms with Gasteiger partial charge >= 0.3 is 5.69 Å². The van der Waals surface area contributed by atoms with Gasteiger partial charge in [0, 0.05) is 19.2 Å². The summed E-state index contributed by atoms with van der Waals surface area (Å²) in [5, 5.41) is 38.0. The second kappa shape index (κ2) is 6.83. The number of hydrogen-bond acceptors (Lipinski definition) is 8. The predicted molar refractivity (Wildman–Crippen MR) is 75.5 cm³/mol. The fraction of sp³-hybridized carbons (Fsp3) is 0.455. The van der Waals surface area contributed by atoms with Crippen molar-refractivity contribution >= 4 is 11.4 Å². The summed E-state index contributed by atoms with van der Waals surface area (Å²) < 4.78 is 0. The molecule has 1 fully saturated rings. The molecule has 0 aromatic heterocycles. The maximum absolute atomic E-state index is 11.8. The van der Waals surface area contributed by atoms with Crippen LogP contribution in [0.4, 0.5) is 11.4 Å². The molecule has 1 aromatic carbocycles. The van der Waals surface area contributed by atoms with Crippen LogP contribution in [0.25, 0.3) is 0 Å². The molecule has 12 nitrogen and oxygen atoms in total. The van der Waals surface area contributed by atoms with E-state index < -0.39 is 21.2 Å². The van der Waals surface area contributed by atoms with Crippen molar-refractivity contribution < 1.29 is 19.7 Å². The highest BCUT2D eigenvalue weighted by Crippen LogP contribution is 2.31. The molecule has 1 heterocycles. The highest BCUT2D eigenvalue weighted by Gasteiger charge is 2.23. The summed E-state index contributed by atoms with van der Waals surface area (Å²) in [6.45, 7) is 2.22. The van der Waals surface area contributed by atoms with Crippen molar-refractivity contribution in [2.45, 2.75) is 0 Å². The third kappa shape index (κ3) is 4.00. The van der Waals surface area contributed by atoms with E-state index in [0.717, 1.165) is 18.2 Å². The number of hydrogen-bond donors (Lipinski definition) is 0. The molecule has 0 saturated carbocycles. The molecule has 0 spiro atoms. The average molecular weight is 326 g/mol. The van der Waals surface area contributed by atoms with Crippen LogP contribution in [0.5, 0.6) is 5.75 Å². The van der Waals surface area contributed by atoms with E-state index in [1.54, 1.807) is 0 Å². The molecular weight excluding hydrogens is 312 g/mol. The van der Waals surface area contributed by atoms with Crippen molar-refractivity contribution in [1.29, 1.82) is 0 Å². The second-order valence-electron chi connectivity index (χ2n) is 4.85. The zero-order valence-electron chi connectivity index (χ0n) is 12.2. The third-order valence-corrected chi connectivity index (χ3v) is 3.28. The lowest BCUT2D eigenvalue weighted by molar-refractivity contribution is -0.709. The maximum Gasteiger partial charge on any atom is 0.321 e. The number of rotatable bonds is 5. The summed E-state index contributed by atoms with van der Waals surface area (Å²) in [5.74, 6) is -0.351. The van der Waals surface area contributed by atoms with E-state index in [2.05, 4.69) is 5.28 Å². The van der Waals surface area contributed by atoms with Gasteiger partial charge in [-0.25, -0.2) is 0 Å². The van der Waals surface area contributed by atoms with Crippen molar-refractivity contribution in [3.63, 3.8) is 0 Å². The van der Waals surface area contributed by atoms with E-state index in [9.17, 15) is 25.4 Å². The Morgan fingerprint density at radius 2 is 1.74 bits per heavy atom. The van der Waals surface area contributed by atoms with Crippen LogP contribution in [0.3, 0.4) is 0 Å². The predicted octanol–water partition coefficient (Wildman–Crippen LogP) is 0.922. The van der Waals surface area contributed by atoms with Gasteiger partial charge in [0.15, 0.2) is 0 Å². The zero-order valence-corrected chi connectivity index (χ0v) is 12.2. The minimum Gasteiger partial charge on any atom is -0.569 e. The number of non-ortho nitro benzene ring substituents is 1. The molecule has 0 amide bonds. The van der Waals surface area contributed by atoms with E-state index in [-0.39, 0.29) is 10.7 Å². The van der Waals surface area contributed by atoms with Gasteiger partial charge in [0.1, 0.15) is 0 Å². The van der Waals surface area contributed by atoms with Crippen molar-refractivity contribution in [2.75, 3.05) is 33.2 Å². The highest BCUT2D eigenvalue weighted by molar-refractivity contribution is 5.53. The summed E-state index contributed by atoms with van der Waals surface area (Å²) in [4.78, 5) is 27.0. The van der Waals surface area contributed by atoms with Crippen LogP contribution in [0, 0.1) is 25.4 Å². The number of piperazine rings is 1. The Kier molecular flexibility index (Phi) is 4.85. The first-order valence-electron chi connectivity index (χ1n) is 6.60. The van der Waals surface area contributed by atoms with Crippen molar-refractivity contribution in [3.8, 4) is 5.75 Å². The van der Waals surface area contributed by atoms with Crippen LogP contribution < -0.4 is 4.84 Å². The monoisotopic (exact) mass is 326 g/mol. The molecule has 124 valence electrons. The number of likely N-dealkylation sites (N-methyl/N-ethyl adjacent to an activating group) is 1. The molecule has 0 bridgehead atoms. The quantitative estimate of drug-likeness (QED) is 0.336. The Bertz CT molecular complexity index is 642. The van der Waals surface area contributed by atoms with Gasteiger partial charge < -0.3 is 10.1 Å². The molecule has 1 aliphatic heterocycles. The minimum atomic E-state index is -0.844. The number of nitrogens with zero attached hydrogens (tertiary/aromatic N) is 6. The summed E-state index contributed by atoms with van der Waals surface area (Å²) in [6, 6.07) is 2.80. The highest BCUT2D eigenvalue weighted by atomic mass is 16.7. The van der Waals surface area contributed by atoms with Crippen LogP contribution >= 0.6 is 0 Å². The minimum absolute atomic E-state index is 0.220. The van der Waals surface area contributed by atoms with Crippen LogP contribution in [0.1, 0.15) is 0 Å². The number of benzene rings is 1. The topological polar surface area (TPSA) is 140 Å². The largest absolute Gasteiger partial charge is 0.569 e. The molecule has 0 aliphatic carbocycles. The SMILES string of the molecule is CN1CCN(/[N+]([O-])=N\Oc2ccc([N+](=O)[O-])cc2[N+](=O)[O-])CC1. The zero-order chi connectivity index (χ0) is 17.0. The first-order valence-corrected chi connectivity index (χ1v) is 6.60. The van der Waals surface area contributed by atoms with Crippen LogP contribution in [0.15, 0.2) is 23.5 Å². The van der Waals surface area contributed by atoms with Gasteiger partial charge in [-0.3, -0.25) is 25.1 Å². The molecule has 0 unspecified atom stereocenters. The van der Waals surface area contributed by atoms with Crippen LogP contribution in [0.2, 0.25) is 0 Å². The maximum atomic E-state index is 11.8. The molecule has 23 heavy (non-hydrogen) atoms. The Hall–Kier alpha value is -3.02. The third-order valence-electron chi connectivity index (χ3n) is 3.28. The fourth-order valence-corrected chi connectivity index (χ4v) is 1.94. The molecule has 12 heteroatoms. The van der Waals surface area contributed by atoms with Crippen LogP contribution in [-0.2, 0) is 0 Å². The van der Waals surface area contributed by atoms with Gasteiger partial charge in [0.2, 0.25) is 11.0 Å². The molecule has 0 radical (unpaired) electrons. The van der Waals surface area contributed by atoms with Gasteiger partial charge in [-0.15, -0.1) is 5.01 Å². The van der Waals surface area contributed by atoms with Gasteiger partial charge in [-0.2, -0.15) is 0 Å². The van der Waals surface area contributed by atoms with E-state index >= 15 is 0 Å². The standard InChI is InChI=1S/C11H14N6O6/c1-13-4-6-14(7-5-13)17(22)12-23-11-3-2-9(15(18)19)8-10(11)16(20)21/h2-3,8H,4-7H2,1H3/b17-12+. The lowest BCUT2D eigenvalue weighted by Gasteiger charge is -2.28. The Balaban J connectivity index is 2.14. The molecule has 1 aliphatic rings. The smallest absolute Gasteiger partial charge is 0.321 e. The van der Waals surface area contributed by atoms with E-state index in [1.165, 1.54) is 5.01 Å². The Labute approximate surface area is 130 Å². The van der Waals surface area contributed by atoms with Crippen molar-refractivity contribution in [1.82, 2.24) is 9.91 Å². The normalized spacial score (nSPS) is 16.2. The van der Waals surface area contributed by atoms with Crippen molar-refractivity contribution in [3.05, 3.63) is 43.6 Å². The lowest BCUT2D eigenvalue weighted by Crippen LogP contribution is -2.47. The number of hydrazine groups is 1. The van der Waals surface area contributed by atoms with Gasteiger partial charge in [-0.1, -0.05) is 0 Å². The molecule has 2 rings (SSSR count). The van der Waals surface area contributed by atoms with E-state index in [1.807, 2.05) is 11.9 Å². The van der Waals surface area contributed by atoms with Crippen LogP contribution in [-0.4, -0.2) is 58.0 Å². The van der Waals surface area contributed by atoms with Crippen molar-refractivity contribution in [2.24, 2.45) is 5.28 Å². The molecule has 1 saturated heterocycles. The summed E-state index contributed by atoms with van der Waals surface area (Å²) in [5.41, 5.74) is -1.10. The molecular formula is C11H14N6O6. The Morgan fingerprint density at radius 3 is 2.30 bits per heavy atom. The molecule has 0 N–H and O–H groups in total. The molecule has 1 aromatic rings. The Morgan fingerprint density at radius 1 is 1.09 bits per heavy atom. The summed E-state index contributed by atoms with van der Waals surface area (Å²) in [7, 11) is 1.92. The van der Waals surface area contributed by atoms with Gasteiger partial charge in [-0.05, 0) is 13.1 Å². The fourth-order valence-electron chi connectivity index (χ4n) is 1.94. The summed E-state index contributed by atoms with van der Waals surface area (Å²) >= 11 is 0. The van der Waals surface area contributed by atoms with Gasteiger partial charge in [0.05, 0.1) is 34.0 Å². The summed E-state index contributed by atoms with van der Waals surface area (Å²) in [6.07, 6.45) is 0. The number of nitro groups is 2.